The summed E-state index contributed by atoms with van der Waals surface area (Å²) >= 11 is 0. The van der Waals surface area contributed by atoms with Gasteiger partial charge in [-0.1, -0.05) is 34.1 Å². The van der Waals surface area contributed by atoms with Gasteiger partial charge >= 0.3 is 0 Å². The van der Waals surface area contributed by atoms with Crippen molar-refractivity contribution in [3.05, 3.63) is 0 Å². The quantitative estimate of drug-likeness (QED) is 0.578. The summed E-state index contributed by atoms with van der Waals surface area (Å²) in [4.78, 5) is 22.6. The van der Waals surface area contributed by atoms with Crippen molar-refractivity contribution in [2.75, 3.05) is 0 Å². The van der Waals surface area contributed by atoms with Gasteiger partial charge < -0.3 is 0 Å². The van der Waals surface area contributed by atoms with Crippen LogP contribution in [0.2, 0.25) is 0 Å². The van der Waals surface area contributed by atoms with E-state index in [1.807, 2.05) is 27.7 Å². The molecule has 0 saturated heterocycles. The van der Waals surface area contributed by atoms with Gasteiger partial charge in [-0.05, 0) is 12.8 Å². The predicted octanol–water partition coefficient (Wildman–Crippen LogP) is 3.39. The molecule has 2 heteroatoms. The predicted molar refractivity (Wildman–Crippen MR) is 62.8 cm³/mol. The Bertz CT molecular complexity index is 183. The molecular weight excluding hydrogens is 188 g/mol. The topological polar surface area (TPSA) is 34.1 Å². The van der Waals surface area contributed by atoms with Gasteiger partial charge in [0.25, 0.3) is 0 Å². The molecular formula is C13H24O2. The Hall–Kier alpha value is -0.660. The van der Waals surface area contributed by atoms with Crippen molar-refractivity contribution in [1.29, 1.82) is 0 Å². The fourth-order valence-electron chi connectivity index (χ4n) is 1.35. The standard InChI is InChI=1S/C13H24O2/c1-10(2)12(14)8-6-5-7-9-13(15)11(3)4/h10-11H,5-9H2,1-4H3. The summed E-state index contributed by atoms with van der Waals surface area (Å²) in [6.45, 7) is 7.74. The number of unbranched alkanes of at least 4 members (excludes halogenated alkanes) is 2. The van der Waals surface area contributed by atoms with Gasteiger partial charge in [0.05, 0.1) is 0 Å². The fraction of sp³-hybridized carbons (Fsp3) is 0.846. The molecule has 0 atom stereocenters. The van der Waals surface area contributed by atoms with Gasteiger partial charge in [-0.15, -0.1) is 0 Å². The third kappa shape index (κ3) is 7.29. The average molecular weight is 212 g/mol. The summed E-state index contributed by atoms with van der Waals surface area (Å²) < 4.78 is 0. The molecule has 0 saturated carbocycles. The highest BCUT2D eigenvalue weighted by Gasteiger charge is 2.08. The molecule has 0 aliphatic heterocycles. The molecule has 15 heavy (non-hydrogen) atoms. The lowest BCUT2D eigenvalue weighted by molar-refractivity contribution is -0.122. The van der Waals surface area contributed by atoms with Crippen LogP contribution in [-0.4, -0.2) is 11.6 Å². The monoisotopic (exact) mass is 212 g/mol. The molecule has 0 aliphatic carbocycles. The zero-order chi connectivity index (χ0) is 11.8. The van der Waals surface area contributed by atoms with E-state index in [2.05, 4.69) is 0 Å². The molecule has 2 nitrogen and oxygen atoms in total. The second-order valence-corrected chi connectivity index (χ2v) is 4.80. The normalized spacial score (nSPS) is 11.1. The highest BCUT2D eigenvalue weighted by Crippen LogP contribution is 2.09. The van der Waals surface area contributed by atoms with Crippen LogP contribution in [0, 0.1) is 11.8 Å². The molecule has 0 rings (SSSR count). The second kappa shape index (κ2) is 7.61. The molecule has 88 valence electrons. The van der Waals surface area contributed by atoms with Crippen LogP contribution >= 0.6 is 0 Å². The lowest BCUT2D eigenvalue weighted by atomic mass is 9.99. The van der Waals surface area contributed by atoms with Crippen molar-refractivity contribution in [2.24, 2.45) is 11.8 Å². The lowest BCUT2D eigenvalue weighted by Gasteiger charge is -2.05. The van der Waals surface area contributed by atoms with Crippen LogP contribution in [0.3, 0.4) is 0 Å². The largest absolute Gasteiger partial charge is 0.299 e. The van der Waals surface area contributed by atoms with E-state index >= 15 is 0 Å². The Kier molecular flexibility index (Phi) is 7.27. The van der Waals surface area contributed by atoms with Gasteiger partial charge in [-0.3, -0.25) is 9.59 Å². The van der Waals surface area contributed by atoms with Gasteiger partial charge in [-0.2, -0.15) is 0 Å². The Morgan fingerprint density at radius 3 is 1.33 bits per heavy atom. The number of ketones is 2. The van der Waals surface area contributed by atoms with Crippen LogP contribution in [0.15, 0.2) is 0 Å². The summed E-state index contributed by atoms with van der Waals surface area (Å²) in [6, 6.07) is 0. The molecule has 0 aliphatic rings. The molecule has 0 aromatic rings. The van der Waals surface area contributed by atoms with Crippen molar-refractivity contribution in [3.8, 4) is 0 Å². The van der Waals surface area contributed by atoms with Crippen molar-refractivity contribution < 1.29 is 9.59 Å². The molecule has 0 aromatic heterocycles. The minimum absolute atomic E-state index is 0.155. The van der Waals surface area contributed by atoms with Gasteiger partial charge in [0.1, 0.15) is 11.6 Å². The maximum Gasteiger partial charge on any atom is 0.135 e. The summed E-state index contributed by atoms with van der Waals surface area (Å²) in [5.41, 5.74) is 0. The number of Topliss-reactive ketones (excluding diaryl/α,β-unsaturated/α-hetero) is 2. The third-order valence-electron chi connectivity index (χ3n) is 2.63. The van der Waals surface area contributed by atoms with Crippen LogP contribution in [0.5, 0.6) is 0 Å². The van der Waals surface area contributed by atoms with Crippen LogP contribution in [-0.2, 0) is 9.59 Å². The molecule has 0 amide bonds. The van der Waals surface area contributed by atoms with Crippen molar-refractivity contribution in [2.45, 2.75) is 59.8 Å². The zero-order valence-corrected chi connectivity index (χ0v) is 10.5. The SMILES string of the molecule is CC(C)C(=O)CCCCCC(=O)C(C)C. The summed E-state index contributed by atoms with van der Waals surface area (Å²) in [5.74, 6) is 0.986. The number of rotatable bonds is 8. The van der Waals surface area contributed by atoms with Gasteiger partial charge in [0.2, 0.25) is 0 Å². The molecule has 0 spiro atoms. The second-order valence-electron chi connectivity index (χ2n) is 4.80. The lowest BCUT2D eigenvalue weighted by Crippen LogP contribution is -2.07. The minimum Gasteiger partial charge on any atom is -0.299 e. The molecule has 0 aromatic carbocycles. The number of carbonyl (C=O) groups excluding carboxylic acids is 2. The number of carbonyl (C=O) groups is 2. The van der Waals surface area contributed by atoms with E-state index in [0.717, 1.165) is 19.3 Å². The van der Waals surface area contributed by atoms with Gasteiger partial charge in [-0.25, -0.2) is 0 Å². The van der Waals surface area contributed by atoms with Crippen LogP contribution in [0.1, 0.15) is 59.8 Å². The van der Waals surface area contributed by atoms with Crippen molar-refractivity contribution in [3.63, 3.8) is 0 Å². The molecule has 0 fully saturated rings. The van der Waals surface area contributed by atoms with E-state index in [4.69, 9.17) is 0 Å². The minimum atomic E-state index is 0.155. The first-order chi connectivity index (χ1) is 6.95. The van der Waals surface area contributed by atoms with Crippen molar-refractivity contribution >= 4 is 11.6 Å². The Labute approximate surface area is 93.4 Å². The Balaban J connectivity index is 3.40. The highest BCUT2D eigenvalue weighted by molar-refractivity contribution is 5.80. The number of hydrogen-bond donors (Lipinski definition) is 0. The maximum absolute atomic E-state index is 11.3. The number of hydrogen-bond acceptors (Lipinski definition) is 2. The van der Waals surface area contributed by atoms with Crippen LogP contribution in [0.25, 0.3) is 0 Å². The van der Waals surface area contributed by atoms with E-state index < -0.39 is 0 Å². The van der Waals surface area contributed by atoms with Crippen molar-refractivity contribution in [1.82, 2.24) is 0 Å². The average Bonchev–Trinajstić information content (AvgIpc) is 2.16. The van der Waals surface area contributed by atoms with Crippen LogP contribution < -0.4 is 0 Å². The van der Waals surface area contributed by atoms with E-state index in [0.29, 0.717) is 24.4 Å². The summed E-state index contributed by atoms with van der Waals surface area (Å²) in [6.07, 6.45) is 4.21. The molecule has 0 unspecified atom stereocenters. The summed E-state index contributed by atoms with van der Waals surface area (Å²) in [5, 5.41) is 0. The smallest absolute Gasteiger partial charge is 0.135 e. The Morgan fingerprint density at radius 2 is 1.07 bits per heavy atom. The first-order valence-corrected chi connectivity index (χ1v) is 6.00. The van der Waals surface area contributed by atoms with E-state index in [1.54, 1.807) is 0 Å². The first-order valence-electron chi connectivity index (χ1n) is 6.00. The molecule has 0 N–H and O–H groups in total. The first kappa shape index (κ1) is 14.3. The maximum atomic E-state index is 11.3. The molecule has 0 bridgehead atoms. The highest BCUT2D eigenvalue weighted by atomic mass is 16.1. The molecule has 0 radical (unpaired) electrons. The third-order valence-corrected chi connectivity index (χ3v) is 2.63. The van der Waals surface area contributed by atoms with Gasteiger partial charge in [0.15, 0.2) is 0 Å². The zero-order valence-electron chi connectivity index (χ0n) is 10.5. The van der Waals surface area contributed by atoms with Crippen LogP contribution in [0.4, 0.5) is 0 Å². The van der Waals surface area contributed by atoms with E-state index in [1.165, 1.54) is 0 Å². The van der Waals surface area contributed by atoms with Gasteiger partial charge in [0, 0.05) is 24.7 Å². The molecule has 0 heterocycles. The summed E-state index contributed by atoms with van der Waals surface area (Å²) in [7, 11) is 0. The van der Waals surface area contributed by atoms with E-state index in [9.17, 15) is 9.59 Å². The van der Waals surface area contributed by atoms with E-state index in [-0.39, 0.29) is 11.8 Å². The Morgan fingerprint density at radius 1 is 0.733 bits per heavy atom. The fourth-order valence-corrected chi connectivity index (χ4v) is 1.35.